The molecule has 2 rings (SSSR count). The fourth-order valence-corrected chi connectivity index (χ4v) is 3.85. The summed E-state index contributed by atoms with van der Waals surface area (Å²) in [7, 11) is 1.52. The Morgan fingerprint density at radius 3 is 2.03 bits per heavy atom. The van der Waals surface area contributed by atoms with Crippen LogP contribution in [0.4, 0.5) is 0 Å². The van der Waals surface area contributed by atoms with Gasteiger partial charge in [-0.25, -0.2) is 0 Å². The van der Waals surface area contributed by atoms with E-state index < -0.39 is 53.3 Å². The first-order valence-electron chi connectivity index (χ1n) is 9.78. The number of aliphatic hydroxyl groups is 1. The molecule has 0 unspecified atom stereocenters. The lowest BCUT2D eigenvalue weighted by molar-refractivity contribution is -0.176. The van der Waals surface area contributed by atoms with Gasteiger partial charge < -0.3 is 19.3 Å². The minimum absolute atomic E-state index is 0.338. The maximum atomic E-state index is 13.0. The molecule has 1 aromatic rings. The summed E-state index contributed by atoms with van der Waals surface area (Å²) in [6.45, 7) is 8.21. The van der Waals surface area contributed by atoms with Gasteiger partial charge in [0.25, 0.3) is 0 Å². The molecule has 29 heavy (non-hydrogen) atoms. The first-order valence-corrected chi connectivity index (χ1v) is 9.78. The maximum absolute atomic E-state index is 13.0. The van der Waals surface area contributed by atoms with Crippen molar-refractivity contribution in [2.24, 2.45) is 11.8 Å². The zero-order valence-corrected chi connectivity index (χ0v) is 17.8. The molecule has 0 radical (unpaired) electrons. The van der Waals surface area contributed by atoms with E-state index in [-0.39, 0.29) is 6.42 Å². The van der Waals surface area contributed by atoms with Crippen LogP contribution in [0.3, 0.4) is 0 Å². The Balaban J connectivity index is 2.60. The summed E-state index contributed by atoms with van der Waals surface area (Å²) in [6.07, 6.45) is -1.17. The highest BCUT2D eigenvalue weighted by Crippen LogP contribution is 2.47. The first-order chi connectivity index (χ1) is 13.5. The van der Waals surface area contributed by atoms with Gasteiger partial charge in [-0.1, -0.05) is 12.1 Å². The zero-order valence-electron chi connectivity index (χ0n) is 17.8. The standard InChI is InChI=1S/C22H30O7/c1-12(2)28-20(24)18-16(23)11-22(5,26)19(21(25)29-13(3)4)17(18)14-7-9-15(27-6)10-8-14/h7-10,12-13,17-19,26H,11H2,1-6H3/t17-,18-,19+,22-/m1/s1. The van der Waals surface area contributed by atoms with Crippen LogP contribution in [-0.4, -0.2) is 47.7 Å². The lowest BCUT2D eigenvalue weighted by Crippen LogP contribution is -2.55. The smallest absolute Gasteiger partial charge is 0.317 e. The van der Waals surface area contributed by atoms with Crippen molar-refractivity contribution in [2.45, 2.75) is 64.8 Å². The van der Waals surface area contributed by atoms with E-state index in [4.69, 9.17) is 14.2 Å². The molecule has 160 valence electrons. The lowest BCUT2D eigenvalue weighted by atomic mass is 9.61. The Morgan fingerprint density at radius 2 is 1.55 bits per heavy atom. The minimum Gasteiger partial charge on any atom is -0.497 e. The minimum atomic E-state index is -1.66. The van der Waals surface area contributed by atoms with Gasteiger partial charge in [0.2, 0.25) is 0 Å². The van der Waals surface area contributed by atoms with Crippen LogP contribution in [0.5, 0.6) is 5.75 Å². The number of rotatable bonds is 6. The van der Waals surface area contributed by atoms with Crippen molar-refractivity contribution < 1.29 is 33.7 Å². The molecular weight excluding hydrogens is 376 g/mol. The van der Waals surface area contributed by atoms with Crippen molar-refractivity contribution in [1.82, 2.24) is 0 Å². The molecule has 0 saturated heterocycles. The average molecular weight is 406 g/mol. The molecule has 1 fully saturated rings. The Bertz CT molecular complexity index is 741. The molecule has 0 aromatic heterocycles. The molecule has 0 bridgehead atoms. The third kappa shape index (κ3) is 5.15. The average Bonchev–Trinajstić information content (AvgIpc) is 2.58. The fourth-order valence-electron chi connectivity index (χ4n) is 3.85. The normalized spacial score (nSPS) is 27.1. The molecule has 4 atom stereocenters. The lowest BCUT2D eigenvalue weighted by Gasteiger charge is -2.44. The van der Waals surface area contributed by atoms with Gasteiger partial charge in [-0.15, -0.1) is 0 Å². The maximum Gasteiger partial charge on any atom is 0.317 e. The van der Waals surface area contributed by atoms with E-state index >= 15 is 0 Å². The van der Waals surface area contributed by atoms with Crippen molar-refractivity contribution in [2.75, 3.05) is 7.11 Å². The predicted molar refractivity (Wildman–Crippen MR) is 105 cm³/mol. The van der Waals surface area contributed by atoms with Crippen LogP contribution in [0, 0.1) is 11.8 Å². The summed E-state index contributed by atoms with van der Waals surface area (Å²) >= 11 is 0. The summed E-state index contributed by atoms with van der Waals surface area (Å²) in [6, 6.07) is 6.73. The molecule has 1 N–H and O–H groups in total. The highest BCUT2D eigenvalue weighted by molar-refractivity contribution is 6.02. The molecule has 0 amide bonds. The topological polar surface area (TPSA) is 99.1 Å². The van der Waals surface area contributed by atoms with Crippen LogP contribution in [0.15, 0.2) is 24.3 Å². The highest BCUT2D eigenvalue weighted by Gasteiger charge is 2.57. The summed E-state index contributed by atoms with van der Waals surface area (Å²) in [4.78, 5) is 38.7. The van der Waals surface area contributed by atoms with E-state index in [9.17, 15) is 19.5 Å². The zero-order chi connectivity index (χ0) is 21.9. The molecule has 1 aliphatic carbocycles. The summed E-state index contributed by atoms with van der Waals surface area (Å²) < 4.78 is 15.9. The van der Waals surface area contributed by atoms with Gasteiger partial charge in [0, 0.05) is 12.3 Å². The number of hydrogen-bond donors (Lipinski definition) is 1. The molecule has 0 aliphatic heterocycles. The van der Waals surface area contributed by atoms with Gasteiger partial charge in [0.05, 0.1) is 30.8 Å². The second-order valence-electron chi connectivity index (χ2n) is 8.23. The van der Waals surface area contributed by atoms with Crippen LogP contribution < -0.4 is 4.74 Å². The molecule has 7 heteroatoms. The molecule has 1 aliphatic rings. The van der Waals surface area contributed by atoms with Gasteiger partial charge in [-0.05, 0) is 52.3 Å². The molecule has 7 nitrogen and oxygen atoms in total. The number of ketones is 1. The van der Waals surface area contributed by atoms with Crippen molar-refractivity contribution in [3.63, 3.8) is 0 Å². The van der Waals surface area contributed by atoms with Crippen molar-refractivity contribution in [3.8, 4) is 5.75 Å². The first kappa shape index (κ1) is 22.9. The molecule has 0 spiro atoms. The number of Topliss-reactive ketones (excluding diaryl/α,β-unsaturated/α-hetero) is 1. The van der Waals surface area contributed by atoms with Crippen LogP contribution in [0.1, 0.15) is 52.5 Å². The second-order valence-corrected chi connectivity index (χ2v) is 8.23. The Labute approximate surface area is 171 Å². The molecule has 1 saturated carbocycles. The molecular formula is C22H30O7. The summed E-state index contributed by atoms with van der Waals surface area (Å²) in [5.41, 5.74) is -1.11. The van der Waals surface area contributed by atoms with E-state index in [2.05, 4.69) is 0 Å². The number of hydrogen-bond acceptors (Lipinski definition) is 7. The van der Waals surface area contributed by atoms with E-state index in [1.54, 1.807) is 52.0 Å². The van der Waals surface area contributed by atoms with E-state index in [0.29, 0.717) is 11.3 Å². The summed E-state index contributed by atoms with van der Waals surface area (Å²) in [5, 5.41) is 11.0. The molecule has 0 heterocycles. The number of carbonyl (C=O) groups is 3. The van der Waals surface area contributed by atoms with Gasteiger partial charge in [0.1, 0.15) is 11.7 Å². The van der Waals surface area contributed by atoms with Crippen molar-refractivity contribution in [1.29, 1.82) is 0 Å². The van der Waals surface area contributed by atoms with Crippen molar-refractivity contribution >= 4 is 17.7 Å². The van der Waals surface area contributed by atoms with Gasteiger partial charge in [-0.3, -0.25) is 14.4 Å². The Morgan fingerprint density at radius 1 is 1.03 bits per heavy atom. The van der Waals surface area contributed by atoms with Crippen LogP contribution in [0.25, 0.3) is 0 Å². The monoisotopic (exact) mass is 406 g/mol. The van der Waals surface area contributed by atoms with Gasteiger partial charge in [-0.2, -0.15) is 0 Å². The van der Waals surface area contributed by atoms with Gasteiger partial charge in [0.15, 0.2) is 5.78 Å². The number of methoxy groups -OCH3 is 1. The van der Waals surface area contributed by atoms with E-state index in [0.717, 1.165) is 0 Å². The summed E-state index contributed by atoms with van der Waals surface area (Å²) in [5.74, 6) is -4.48. The van der Waals surface area contributed by atoms with Gasteiger partial charge >= 0.3 is 11.9 Å². The van der Waals surface area contributed by atoms with E-state index in [1.165, 1.54) is 14.0 Å². The number of ether oxygens (including phenoxy) is 3. The van der Waals surface area contributed by atoms with Crippen molar-refractivity contribution in [3.05, 3.63) is 29.8 Å². The largest absolute Gasteiger partial charge is 0.497 e. The van der Waals surface area contributed by atoms with Crippen LogP contribution >= 0.6 is 0 Å². The third-order valence-electron chi connectivity index (χ3n) is 4.98. The SMILES string of the molecule is COc1ccc([C@@H]2[C@H](C(=O)OC(C)C)C(=O)C[C@@](C)(O)[C@@H]2C(=O)OC(C)C)cc1. The fraction of sp³-hybridized carbons (Fsp3) is 0.591. The quantitative estimate of drug-likeness (QED) is 0.573. The number of benzene rings is 1. The van der Waals surface area contributed by atoms with Crippen LogP contribution in [0.2, 0.25) is 0 Å². The van der Waals surface area contributed by atoms with E-state index in [1.807, 2.05) is 0 Å². The number of esters is 2. The second kappa shape index (κ2) is 8.95. The Kier molecular flexibility index (Phi) is 7.06. The predicted octanol–water partition coefficient (Wildman–Crippen LogP) is 2.64. The van der Waals surface area contributed by atoms with Crippen LogP contribution in [-0.2, 0) is 23.9 Å². The molecule has 1 aromatic carbocycles. The third-order valence-corrected chi connectivity index (χ3v) is 4.98. The number of carbonyl (C=O) groups excluding carboxylic acids is 3. The Hall–Kier alpha value is -2.41. The highest BCUT2D eigenvalue weighted by atomic mass is 16.5.